The predicted octanol–water partition coefficient (Wildman–Crippen LogP) is 1.77. The molecule has 1 aromatic carbocycles. The Morgan fingerprint density at radius 3 is 2.74 bits per heavy atom. The second-order valence-electron chi connectivity index (χ2n) is 5.62. The third kappa shape index (κ3) is 2.51. The molecule has 1 fully saturated rings. The molecule has 1 unspecified atom stereocenters. The van der Waals surface area contributed by atoms with E-state index in [9.17, 15) is 4.79 Å². The first-order valence-corrected chi connectivity index (χ1v) is 6.63. The number of hydrogen-bond donors (Lipinski definition) is 1. The molecule has 2 N–H and O–H groups in total. The van der Waals surface area contributed by atoms with Gasteiger partial charge in [-0.15, -0.1) is 0 Å². The third-order valence-electron chi connectivity index (χ3n) is 3.74. The van der Waals surface area contributed by atoms with Crippen LogP contribution in [-0.2, 0) is 9.53 Å². The Kier molecular flexibility index (Phi) is 3.65. The summed E-state index contributed by atoms with van der Waals surface area (Å²) in [5.74, 6) is -0.00843. The van der Waals surface area contributed by atoms with Gasteiger partial charge in [-0.05, 0) is 44.9 Å². The molecule has 1 aliphatic rings. The number of rotatable bonds is 2. The van der Waals surface area contributed by atoms with E-state index < -0.39 is 5.60 Å². The molecule has 0 radical (unpaired) electrons. The average molecular weight is 262 g/mol. The zero-order chi connectivity index (χ0) is 14.2. The lowest BCUT2D eigenvalue weighted by Crippen LogP contribution is -2.59. The smallest absolute Gasteiger partial charge is 0.258 e. The summed E-state index contributed by atoms with van der Waals surface area (Å²) in [5, 5.41) is 0. The zero-order valence-electron chi connectivity index (χ0n) is 12.1. The van der Waals surface area contributed by atoms with E-state index in [1.165, 1.54) is 5.56 Å². The molecule has 4 nitrogen and oxygen atoms in total. The van der Waals surface area contributed by atoms with Crippen LogP contribution in [0.25, 0.3) is 0 Å². The molecule has 104 valence electrons. The first kappa shape index (κ1) is 14.0. The Labute approximate surface area is 114 Å². The maximum atomic E-state index is 12.5. The first-order chi connectivity index (χ1) is 8.86. The summed E-state index contributed by atoms with van der Waals surface area (Å²) in [5.41, 5.74) is 8.16. The highest BCUT2D eigenvalue weighted by Gasteiger charge is 2.41. The second-order valence-corrected chi connectivity index (χ2v) is 5.62. The molecule has 0 saturated carbocycles. The Hall–Kier alpha value is -1.39. The van der Waals surface area contributed by atoms with Crippen molar-refractivity contribution in [3.63, 3.8) is 0 Å². The summed E-state index contributed by atoms with van der Waals surface area (Å²) in [4.78, 5) is 14.3. The standard InChI is InChI=1S/C15H22N2O2/c1-10-6-5-7-13(11(10)2)17-9-12(8-16)19-15(3,4)14(17)18/h5-7,12H,8-9,16H2,1-4H3. The van der Waals surface area contributed by atoms with E-state index in [1.54, 1.807) is 13.8 Å². The number of aryl methyl sites for hydroxylation is 1. The van der Waals surface area contributed by atoms with Gasteiger partial charge in [-0.25, -0.2) is 0 Å². The number of ether oxygens (including phenoxy) is 1. The van der Waals surface area contributed by atoms with Crippen LogP contribution in [0.1, 0.15) is 25.0 Å². The van der Waals surface area contributed by atoms with Crippen molar-refractivity contribution < 1.29 is 9.53 Å². The molecule has 1 aromatic rings. The molecule has 1 saturated heterocycles. The number of nitrogens with two attached hydrogens (primary N) is 1. The summed E-state index contributed by atoms with van der Waals surface area (Å²) in [6, 6.07) is 6.01. The van der Waals surface area contributed by atoms with Gasteiger partial charge < -0.3 is 15.4 Å². The van der Waals surface area contributed by atoms with Crippen molar-refractivity contribution in [3.05, 3.63) is 29.3 Å². The monoisotopic (exact) mass is 262 g/mol. The second kappa shape index (κ2) is 4.94. The summed E-state index contributed by atoms with van der Waals surface area (Å²) in [6.07, 6.45) is -0.118. The maximum absolute atomic E-state index is 12.5. The van der Waals surface area contributed by atoms with Gasteiger partial charge in [-0.3, -0.25) is 4.79 Å². The largest absolute Gasteiger partial charge is 0.359 e. The van der Waals surface area contributed by atoms with Gasteiger partial charge in [-0.2, -0.15) is 0 Å². The van der Waals surface area contributed by atoms with Gasteiger partial charge in [0.1, 0.15) is 5.60 Å². The van der Waals surface area contributed by atoms with Crippen LogP contribution in [0.15, 0.2) is 18.2 Å². The molecule has 1 atom stereocenters. The lowest BCUT2D eigenvalue weighted by molar-refractivity contribution is -0.153. The number of amides is 1. The van der Waals surface area contributed by atoms with Crippen molar-refractivity contribution in [2.75, 3.05) is 18.0 Å². The van der Waals surface area contributed by atoms with Crippen molar-refractivity contribution in [2.45, 2.75) is 39.4 Å². The lowest BCUT2D eigenvalue weighted by Gasteiger charge is -2.42. The molecule has 1 heterocycles. The first-order valence-electron chi connectivity index (χ1n) is 6.63. The van der Waals surface area contributed by atoms with Gasteiger partial charge in [-0.1, -0.05) is 12.1 Å². The molecular formula is C15H22N2O2. The van der Waals surface area contributed by atoms with E-state index >= 15 is 0 Å². The van der Waals surface area contributed by atoms with Crippen LogP contribution in [0.4, 0.5) is 5.69 Å². The molecule has 19 heavy (non-hydrogen) atoms. The highest BCUT2D eigenvalue weighted by Crippen LogP contribution is 2.30. The number of carbonyl (C=O) groups excluding carboxylic acids is 1. The Balaban J connectivity index is 2.42. The van der Waals surface area contributed by atoms with Crippen molar-refractivity contribution in [1.82, 2.24) is 0 Å². The van der Waals surface area contributed by atoms with Gasteiger partial charge in [0.25, 0.3) is 5.91 Å². The van der Waals surface area contributed by atoms with Crippen molar-refractivity contribution in [2.24, 2.45) is 5.73 Å². The third-order valence-corrected chi connectivity index (χ3v) is 3.74. The summed E-state index contributed by atoms with van der Waals surface area (Å²) < 4.78 is 5.74. The molecule has 0 aliphatic carbocycles. The molecule has 4 heteroatoms. The molecule has 0 bridgehead atoms. The quantitative estimate of drug-likeness (QED) is 0.883. The van der Waals surface area contributed by atoms with Gasteiger partial charge in [0.05, 0.1) is 12.6 Å². The van der Waals surface area contributed by atoms with E-state index in [1.807, 2.05) is 24.0 Å². The number of anilines is 1. The van der Waals surface area contributed by atoms with Crippen molar-refractivity contribution in [3.8, 4) is 0 Å². The van der Waals surface area contributed by atoms with E-state index in [0.29, 0.717) is 13.1 Å². The minimum Gasteiger partial charge on any atom is -0.359 e. The highest BCUT2D eigenvalue weighted by atomic mass is 16.5. The Morgan fingerprint density at radius 1 is 1.42 bits per heavy atom. The van der Waals surface area contributed by atoms with Gasteiger partial charge in [0, 0.05) is 12.2 Å². The van der Waals surface area contributed by atoms with Gasteiger partial charge in [0.2, 0.25) is 0 Å². The molecule has 2 rings (SSSR count). The molecular weight excluding hydrogens is 240 g/mol. The summed E-state index contributed by atoms with van der Waals surface area (Å²) in [6.45, 7) is 8.62. The number of benzene rings is 1. The van der Waals surface area contributed by atoms with Crippen LogP contribution in [0, 0.1) is 13.8 Å². The van der Waals surface area contributed by atoms with E-state index in [4.69, 9.17) is 10.5 Å². The maximum Gasteiger partial charge on any atom is 0.258 e. The van der Waals surface area contributed by atoms with Gasteiger partial charge >= 0.3 is 0 Å². The fourth-order valence-corrected chi connectivity index (χ4v) is 2.47. The lowest BCUT2D eigenvalue weighted by atomic mass is 10.0. The van der Waals surface area contributed by atoms with Crippen LogP contribution in [0.2, 0.25) is 0 Å². The minimum atomic E-state index is -0.821. The molecule has 1 amide bonds. The number of hydrogen-bond acceptors (Lipinski definition) is 3. The molecule has 0 spiro atoms. The average Bonchev–Trinajstić information content (AvgIpc) is 2.36. The van der Waals surface area contributed by atoms with Crippen LogP contribution in [-0.4, -0.2) is 30.7 Å². The number of morpholine rings is 1. The SMILES string of the molecule is Cc1cccc(N2CC(CN)OC(C)(C)C2=O)c1C. The van der Waals surface area contributed by atoms with Crippen LogP contribution < -0.4 is 10.6 Å². The van der Waals surface area contributed by atoms with Crippen molar-refractivity contribution >= 4 is 11.6 Å². The van der Waals surface area contributed by atoms with Crippen LogP contribution in [0.3, 0.4) is 0 Å². The Morgan fingerprint density at radius 2 is 2.11 bits per heavy atom. The highest BCUT2D eigenvalue weighted by molar-refractivity contribution is 6.00. The molecule has 1 aliphatic heterocycles. The fourth-order valence-electron chi connectivity index (χ4n) is 2.47. The molecule has 0 aromatic heterocycles. The number of carbonyl (C=O) groups is 1. The predicted molar refractivity (Wildman–Crippen MR) is 76.3 cm³/mol. The van der Waals surface area contributed by atoms with Crippen LogP contribution >= 0.6 is 0 Å². The van der Waals surface area contributed by atoms with E-state index in [-0.39, 0.29) is 12.0 Å². The normalized spacial score (nSPS) is 22.7. The summed E-state index contributed by atoms with van der Waals surface area (Å²) in [7, 11) is 0. The van der Waals surface area contributed by atoms with E-state index in [2.05, 4.69) is 13.0 Å². The fraction of sp³-hybridized carbons (Fsp3) is 0.533. The van der Waals surface area contributed by atoms with E-state index in [0.717, 1.165) is 11.3 Å². The number of nitrogens with zero attached hydrogens (tertiary/aromatic N) is 1. The topological polar surface area (TPSA) is 55.6 Å². The minimum absolute atomic E-state index is 0.00843. The van der Waals surface area contributed by atoms with Crippen LogP contribution in [0.5, 0.6) is 0 Å². The Bertz CT molecular complexity index is 497. The summed E-state index contributed by atoms with van der Waals surface area (Å²) >= 11 is 0. The van der Waals surface area contributed by atoms with Gasteiger partial charge in [0.15, 0.2) is 0 Å². The van der Waals surface area contributed by atoms with Crippen molar-refractivity contribution in [1.29, 1.82) is 0 Å². The zero-order valence-corrected chi connectivity index (χ0v) is 12.1.